The molecule has 0 radical (unpaired) electrons. The van der Waals surface area contributed by atoms with Crippen molar-refractivity contribution in [2.24, 2.45) is 0 Å². The first kappa shape index (κ1) is 16.2. The molecule has 0 saturated carbocycles. The van der Waals surface area contributed by atoms with Crippen molar-refractivity contribution in [3.05, 3.63) is 12.2 Å². The number of carbonyl (C=O) groups excluding carboxylic acids is 1. The van der Waals surface area contributed by atoms with E-state index in [1.54, 1.807) is 6.92 Å². The number of nitrogens with zero attached hydrogens (tertiary/aromatic N) is 1. The maximum absolute atomic E-state index is 11.4. The van der Waals surface area contributed by atoms with Gasteiger partial charge in [0.2, 0.25) is 6.16 Å². The summed E-state index contributed by atoms with van der Waals surface area (Å²) in [7, 11) is 4.35. The molecule has 0 N–H and O–H groups in total. The van der Waals surface area contributed by atoms with Gasteiger partial charge in [-0.05, 0) is 11.5 Å². The predicted octanol–water partition coefficient (Wildman–Crippen LogP) is 1.57. The first-order valence-corrected chi connectivity index (χ1v) is 6.79. The second-order valence-corrected chi connectivity index (χ2v) is 6.19. The second kappa shape index (κ2) is 7.54. The van der Waals surface area contributed by atoms with E-state index >= 15 is 0 Å². The Bertz CT molecular complexity index is 296. The third-order valence-corrected chi connectivity index (χ3v) is 2.87. The van der Waals surface area contributed by atoms with E-state index in [1.165, 1.54) is 0 Å². The summed E-state index contributed by atoms with van der Waals surface area (Å²) in [5.41, 5.74) is 0.339. The van der Waals surface area contributed by atoms with Crippen LogP contribution in [0.4, 0.5) is 0 Å². The summed E-state index contributed by atoms with van der Waals surface area (Å²) in [6.45, 7) is 6.34. The maximum atomic E-state index is 11.4. The lowest BCUT2D eigenvalue weighted by atomic mass is 10.4. The third kappa shape index (κ3) is 10.1. The molecule has 0 heterocycles. The Morgan fingerprint density at radius 2 is 1.88 bits per heavy atom. The van der Waals surface area contributed by atoms with E-state index in [0.29, 0.717) is 12.2 Å². The molecule has 0 aromatic heterocycles. The number of hydrogen-bond acceptors (Lipinski definition) is 4. The van der Waals surface area contributed by atoms with Crippen molar-refractivity contribution in [1.29, 1.82) is 0 Å². The number of carbonyl (C=O) groups is 1. The van der Waals surface area contributed by atoms with Crippen LogP contribution < -0.4 is 0 Å². The van der Waals surface area contributed by atoms with E-state index in [2.05, 4.69) is 6.58 Å². The monoisotopic (exact) mass is 263 g/mol. The summed E-state index contributed by atoms with van der Waals surface area (Å²) in [6, 6.07) is 0. The zero-order valence-corrected chi connectivity index (χ0v) is 12.0. The van der Waals surface area contributed by atoms with Gasteiger partial charge in [-0.15, -0.1) is 4.52 Å². The molecule has 0 spiro atoms. The SMILES string of the molecule is C=C(C)C(=O)OCC[P+](=O)OCC[N+](C)(C)C. The highest BCUT2D eigenvalue weighted by Crippen LogP contribution is 2.21. The number of hydrogen-bond donors (Lipinski definition) is 0. The van der Waals surface area contributed by atoms with Crippen molar-refractivity contribution in [2.45, 2.75) is 6.92 Å². The summed E-state index contributed by atoms with van der Waals surface area (Å²) < 4.78 is 22.1. The molecule has 0 bridgehead atoms. The molecule has 0 aliphatic heterocycles. The Morgan fingerprint density at radius 1 is 1.29 bits per heavy atom. The number of esters is 1. The fourth-order valence-corrected chi connectivity index (χ4v) is 1.47. The fourth-order valence-electron chi connectivity index (χ4n) is 0.817. The molecule has 17 heavy (non-hydrogen) atoms. The normalized spacial score (nSPS) is 12.1. The summed E-state index contributed by atoms with van der Waals surface area (Å²) in [5, 5.41) is 0. The van der Waals surface area contributed by atoms with Crippen LogP contribution in [-0.2, 0) is 18.6 Å². The summed E-state index contributed by atoms with van der Waals surface area (Å²) in [5.74, 6) is -0.459. The standard InChI is InChI=1S/C11H22NO4P/c1-10(2)11(13)15-8-9-17(14)16-7-6-12(3,4)5/h1,6-9H2,2-5H3/q+2. The molecule has 0 aliphatic carbocycles. The zero-order chi connectivity index (χ0) is 13.5. The lowest BCUT2D eigenvalue weighted by molar-refractivity contribution is -0.870. The van der Waals surface area contributed by atoms with Crippen molar-refractivity contribution in [3.8, 4) is 0 Å². The van der Waals surface area contributed by atoms with Crippen LogP contribution in [0.3, 0.4) is 0 Å². The highest BCUT2D eigenvalue weighted by molar-refractivity contribution is 7.39. The van der Waals surface area contributed by atoms with Crippen LogP contribution in [0.2, 0.25) is 0 Å². The molecule has 1 unspecified atom stereocenters. The highest BCUT2D eigenvalue weighted by atomic mass is 31.1. The van der Waals surface area contributed by atoms with Crippen molar-refractivity contribution in [1.82, 2.24) is 0 Å². The number of likely N-dealkylation sites (N-methyl/N-ethyl adjacent to an activating group) is 1. The highest BCUT2D eigenvalue weighted by Gasteiger charge is 2.20. The quantitative estimate of drug-likeness (QED) is 0.289. The molecule has 0 amide bonds. The van der Waals surface area contributed by atoms with Gasteiger partial charge in [-0.2, -0.15) is 0 Å². The maximum Gasteiger partial charge on any atom is 0.511 e. The van der Waals surface area contributed by atoms with E-state index in [0.717, 1.165) is 11.0 Å². The molecular formula is C11H22NO4P+2. The van der Waals surface area contributed by atoms with Crippen molar-refractivity contribution in [3.63, 3.8) is 0 Å². The molecule has 0 saturated heterocycles. The Kier molecular flexibility index (Phi) is 7.19. The summed E-state index contributed by atoms with van der Waals surface area (Å²) in [6.07, 6.45) is 0.228. The number of ether oxygens (including phenoxy) is 1. The molecule has 1 atom stereocenters. The molecule has 0 fully saturated rings. The van der Waals surface area contributed by atoms with Gasteiger partial charge in [0.05, 0.1) is 21.1 Å². The minimum absolute atomic E-state index is 0.102. The molecule has 0 aliphatic rings. The van der Waals surface area contributed by atoms with Gasteiger partial charge in [0.25, 0.3) is 0 Å². The van der Waals surface area contributed by atoms with E-state index in [-0.39, 0.29) is 12.8 Å². The van der Waals surface area contributed by atoms with Crippen LogP contribution >= 0.6 is 8.03 Å². The van der Waals surface area contributed by atoms with Crippen molar-refractivity contribution >= 4 is 14.0 Å². The second-order valence-electron chi connectivity index (χ2n) is 4.82. The van der Waals surface area contributed by atoms with Gasteiger partial charge < -0.3 is 9.22 Å². The van der Waals surface area contributed by atoms with Gasteiger partial charge in [0.15, 0.2) is 6.61 Å². The molecule has 5 nitrogen and oxygen atoms in total. The molecule has 6 heteroatoms. The molecular weight excluding hydrogens is 241 g/mol. The lowest BCUT2D eigenvalue weighted by Crippen LogP contribution is -2.37. The van der Waals surface area contributed by atoms with Gasteiger partial charge in [-0.25, -0.2) is 4.79 Å². The Morgan fingerprint density at radius 3 is 2.35 bits per heavy atom. The minimum Gasteiger partial charge on any atom is -0.458 e. The van der Waals surface area contributed by atoms with Gasteiger partial charge in [-0.1, -0.05) is 6.58 Å². The van der Waals surface area contributed by atoms with Crippen LogP contribution in [0.5, 0.6) is 0 Å². The van der Waals surface area contributed by atoms with Crippen molar-refractivity contribution < 1.29 is 23.1 Å². The zero-order valence-electron chi connectivity index (χ0n) is 11.1. The molecule has 0 aromatic rings. The Labute approximate surface area is 104 Å². The Balaban J connectivity index is 3.61. The first-order valence-electron chi connectivity index (χ1n) is 5.43. The fraction of sp³-hybridized carbons (Fsp3) is 0.727. The average molecular weight is 263 g/mol. The number of quaternary nitrogens is 1. The third-order valence-electron chi connectivity index (χ3n) is 1.85. The summed E-state index contributed by atoms with van der Waals surface area (Å²) in [4.78, 5) is 11.0. The van der Waals surface area contributed by atoms with Crippen LogP contribution in [-0.4, -0.2) is 57.5 Å². The van der Waals surface area contributed by atoms with E-state index in [9.17, 15) is 9.36 Å². The van der Waals surface area contributed by atoms with Gasteiger partial charge in [0.1, 0.15) is 13.2 Å². The van der Waals surface area contributed by atoms with Crippen molar-refractivity contribution in [2.75, 3.05) is 47.1 Å². The lowest BCUT2D eigenvalue weighted by Gasteiger charge is -2.21. The first-order chi connectivity index (χ1) is 7.72. The number of rotatable bonds is 8. The van der Waals surface area contributed by atoms with Gasteiger partial charge >= 0.3 is 14.0 Å². The topological polar surface area (TPSA) is 52.6 Å². The summed E-state index contributed by atoms with van der Waals surface area (Å²) >= 11 is 0. The molecule has 98 valence electrons. The van der Waals surface area contributed by atoms with Crippen LogP contribution in [0.1, 0.15) is 6.92 Å². The van der Waals surface area contributed by atoms with Gasteiger partial charge in [-0.3, -0.25) is 0 Å². The average Bonchev–Trinajstić information content (AvgIpc) is 2.15. The van der Waals surface area contributed by atoms with E-state index < -0.39 is 14.0 Å². The minimum atomic E-state index is -1.75. The predicted molar refractivity (Wildman–Crippen MR) is 67.1 cm³/mol. The molecule has 0 rings (SSSR count). The van der Waals surface area contributed by atoms with Crippen LogP contribution in [0, 0.1) is 0 Å². The van der Waals surface area contributed by atoms with E-state index in [1.807, 2.05) is 21.1 Å². The van der Waals surface area contributed by atoms with Crippen LogP contribution in [0.15, 0.2) is 12.2 Å². The molecule has 0 aromatic carbocycles. The smallest absolute Gasteiger partial charge is 0.458 e. The van der Waals surface area contributed by atoms with Crippen LogP contribution in [0.25, 0.3) is 0 Å². The van der Waals surface area contributed by atoms with Gasteiger partial charge in [0, 0.05) is 5.57 Å². The Hall–Kier alpha value is -0.770. The van der Waals surface area contributed by atoms with E-state index in [4.69, 9.17) is 9.26 Å². The largest absolute Gasteiger partial charge is 0.511 e.